The number of nitrogens with zero attached hydrogens (tertiary/aromatic N) is 1. The normalized spacial score (nSPS) is 20.2. The number of halogens is 1. The van der Waals surface area contributed by atoms with Gasteiger partial charge in [-0.1, -0.05) is 48.4 Å². The van der Waals surface area contributed by atoms with E-state index in [0.29, 0.717) is 24.0 Å². The van der Waals surface area contributed by atoms with Gasteiger partial charge in [-0.15, -0.1) is 0 Å². The number of likely N-dealkylation sites (tertiary alicyclic amines) is 1. The lowest BCUT2D eigenvalue weighted by Crippen LogP contribution is -2.48. The van der Waals surface area contributed by atoms with E-state index in [4.69, 9.17) is 11.6 Å². The molecule has 2 aromatic rings. The van der Waals surface area contributed by atoms with E-state index in [1.165, 1.54) is 6.42 Å². The molecule has 0 aromatic heterocycles. The summed E-state index contributed by atoms with van der Waals surface area (Å²) in [7, 11) is 0. The number of para-hydroxylation sites is 1. The zero-order chi connectivity index (χ0) is 20.9. The van der Waals surface area contributed by atoms with Crippen molar-refractivity contribution in [3.63, 3.8) is 0 Å². The van der Waals surface area contributed by atoms with E-state index in [2.05, 4.69) is 10.6 Å². The first-order valence-electron chi connectivity index (χ1n) is 10.8. The molecule has 1 heterocycles. The minimum atomic E-state index is -0.185. The summed E-state index contributed by atoms with van der Waals surface area (Å²) in [6.07, 6.45) is 5.10. The van der Waals surface area contributed by atoms with Crippen LogP contribution in [0.1, 0.15) is 43.7 Å². The summed E-state index contributed by atoms with van der Waals surface area (Å²) < 4.78 is 0. The Labute approximate surface area is 182 Å². The lowest BCUT2D eigenvalue weighted by atomic mass is 9.77. The van der Waals surface area contributed by atoms with E-state index in [1.807, 2.05) is 54.6 Å². The van der Waals surface area contributed by atoms with Crippen molar-refractivity contribution < 1.29 is 9.59 Å². The van der Waals surface area contributed by atoms with E-state index < -0.39 is 0 Å². The molecule has 5 nitrogen and oxygen atoms in total. The van der Waals surface area contributed by atoms with Crippen LogP contribution in [0.5, 0.6) is 0 Å². The number of piperidine rings is 1. The van der Waals surface area contributed by atoms with Gasteiger partial charge in [0.2, 0.25) is 5.91 Å². The van der Waals surface area contributed by atoms with Gasteiger partial charge in [-0.3, -0.25) is 4.79 Å². The topological polar surface area (TPSA) is 61.4 Å². The highest BCUT2D eigenvalue weighted by atomic mass is 35.5. The van der Waals surface area contributed by atoms with Crippen LogP contribution in [0.15, 0.2) is 54.6 Å². The maximum atomic E-state index is 13.1. The fourth-order valence-corrected chi connectivity index (χ4v) is 4.41. The Hall–Kier alpha value is -2.53. The average Bonchev–Trinajstić information content (AvgIpc) is 2.73. The maximum Gasteiger partial charge on any atom is 0.321 e. The number of rotatable bonds is 5. The van der Waals surface area contributed by atoms with Gasteiger partial charge in [0.25, 0.3) is 0 Å². The maximum absolute atomic E-state index is 13.1. The van der Waals surface area contributed by atoms with Gasteiger partial charge in [-0.05, 0) is 61.4 Å². The van der Waals surface area contributed by atoms with Crippen molar-refractivity contribution in [2.75, 3.05) is 18.4 Å². The molecule has 2 fully saturated rings. The molecule has 1 aliphatic heterocycles. The Kier molecular flexibility index (Phi) is 6.58. The van der Waals surface area contributed by atoms with E-state index in [-0.39, 0.29) is 23.9 Å². The van der Waals surface area contributed by atoms with Gasteiger partial charge < -0.3 is 15.5 Å². The van der Waals surface area contributed by atoms with Gasteiger partial charge in [0.1, 0.15) is 0 Å². The number of nitrogens with one attached hydrogen (secondary N) is 2. The Morgan fingerprint density at radius 3 is 2.37 bits per heavy atom. The summed E-state index contributed by atoms with van der Waals surface area (Å²) in [5.74, 6) is 0.324. The molecule has 2 aliphatic rings. The molecule has 3 amide bonds. The van der Waals surface area contributed by atoms with E-state index in [0.717, 1.165) is 36.9 Å². The zero-order valence-electron chi connectivity index (χ0n) is 17.0. The zero-order valence-corrected chi connectivity index (χ0v) is 17.8. The van der Waals surface area contributed by atoms with Crippen LogP contribution in [-0.4, -0.2) is 29.9 Å². The van der Waals surface area contributed by atoms with Crippen molar-refractivity contribution in [2.24, 2.45) is 11.8 Å². The first-order chi connectivity index (χ1) is 14.6. The number of anilines is 1. The number of hydrogen-bond donors (Lipinski definition) is 2. The van der Waals surface area contributed by atoms with Gasteiger partial charge in [-0.25, -0.2) is 4.79 Å². The molecule has 0 radical (unpaired) electrons. The fourth-order valence-electron chi connectivity index (χ4n) is 4.29. The third kappa shape index (κ3) is 4.96. The highest BCUT2D eigenvalue weighted by Gasteiger charge is 2.34. The number of benzene rings is 2. The smallest absolute Gasteiger partial charge is 0.321 e. The lowest BCUT2D eigenvalue weighted by Gasteiger charge is -2.37. The van der Waals surface area contributed by atoms with Crippen LogP contribution in [0.3, 0.4) is 0 Å². The van der Waals surface area contributed by atoms with Crippen LogP contribution in [0.25, 0.3) is 0 Å². The molecule has 0 spiro atoms. The molecule has 2 N–H and O–H groups in total. The van der Waals surface area contributed by atoms with Gasteiger partial charge >= 0.3 is 6.03 Å². The van der Waals surface area contributed by atoms with E-state index in [9.17, 15) is 9.59 Å². The van der Waals surface area contributed by atoms with Crippen LogP contribution in [0.2, 0.25) is 5.02 Å². The van der Waals surface area contributed by atoms with Gasteiger partial charge in [0.15, 0.2) is 0 Å². The average molecular weight is 426 g/mol. The monoisotopic (exact) mass is 425 g/mol. The highest BCUT2D eigenvalue weighted by molar-refractivity contribution is 6.30. The largest absolute Gasteiger partial charge is 0.349 e. The molecule has 4 rings (SSSR count). The Balaban J connectivity index is 1.39. The fraction of sp³-hybridized carbons (Fsp3) is 0.417. The number of carbonyl (C=O) groups is 2. The summed E-state index contributed by atoms with van der Waals surface area (Å²) in [4.78, 5) is 27.5. The molecular formula is C24H28ClN3O2. The summed E-state index contributed by atoms with van der Waals surface area (Å²) in [6.45, 7) is 1.12. The van der Waals surface area contributed by atoms with Gasteiger partial charge in [0.05, 0.1) is 12.0 Å². The number of hydrogen-bond acceptors (Lipinski definition) is 2. The van der Waals surface area contributed by atoms with Gasteiger partial charge in [-0.2, -0.15) is 0 Å². The molecule has 30 heavy (non-hydrogen) atoms. The first kappa shape index (κ1) is 20.7. The quantitative estimate of drug-likeness (QED) is 0.687. The molecule has 0 bridgehead atoms. The minimum absolute atomic E-state index is 0.0111. The second kappa shape index (κ2) is 9.52. The lowest BCUT2D eigenvalue weighted by molar-refractivity contribution is -0.127. The molecular weight excluding hydrogens is 398 g/mol. The van der Waals surface area contributed by atoms with E-state index >= 15 is 0 Å². The Bertz CT molecular complexity index is 868. The van der Waals surface area contributed by atoms with Crippen molar-refractivity contribution in [1.29, 1.82) is 0 Å². The van der Waals surface area contributed by atoms with Crippen molar-refractivity contribution in [2.45, 2.75) is 38.1 Å². The predicted molar refractivity (Wildman–Crippen MR) is 119 cm³/mol. The molecule has 6 heteroatoms. The summed E-state index contributed by atoms with van der Waals surface area (Å²) in [5, 5.41) is 6.91. The van der Waals surface area contributed by atoms with Crippen LogP contribution >= 0.6 is 11.6 Å². The van der Waals surface area contributed by atoms with Crippen LogP contribution in [0, 0.1) is 11.8 Å². The van der Waals surface area contributed by atoms with Crippen molar-refractivity contribution >= 4 is 29.2 Å². The second-order valence-corrected chi connectivity index (χ2v) is 8.75. The van der Waals surface area contributed by atoms with Crippen molar-refractivity contribution in [3.8, 4) is 0 Å². The standard InChI is InChI=1S/C24H28ClN3O2/c25-20-13-11-18(12-14-20)22(17-6-4-7-17)27-23(29)19-8-5-15-28(16-19)24(30)26-21-9-2-1-3-10-21/h1-3,9-14,17,19,22H,4-8,15-16H2,(H,26,30)(H,27,29). The minimum Gasteiger partial charge on any atom is -0.349 e. The molecule has 1 saturated heterocycles. The number of amides is 3. The molecule has 1 saturated carbocycles. The summed E-state index contributed by atoms with van der Waals surface area (Å²) >= 11 is 6.04. The molecule has 158 valence electrons. The Morgan fingerprint density at radius 1 is 0.967 bits per heavy atom. The molecule has 2 atom stereocenters. The third-order valence-corrected chi connectivity index (χ3v) is 6.50. The third-order valence-electron chi connectivity index (χ3n) is 6.25. The Morgan fingerprint density at radius 2 is 1.70 bits per heavy atom. The number of urea groups is 1. The van der Waals surface area contributed by atoms with E-state index in [1.54, 1.807) is 4.90 Å². The molecule has 2 aromatic carbocycles. The van der Waals surface area contributed by atoms with Crippen LogP contribution in [0.4, 0.5) is 10.5 Å². The van der Waals surface area contributed by atoms with Crippen LogP contribution in [-0.2, 0) is 4.79 Å². The highest BCUT2D eigenvalue weighted by Crippen LogP contribution is 2.38. The van der Waals surface area contributed by atoms with Crippen LogP contribution < -0.4 is 10.6 Å². The SMILES string of the molecule is O=C(NC(c1ccc(Cl)cc1)C1CCC1)C1CCCN(C(=O)Nc2ccccc2)C1. The van der Waals surface area contributed by atoms with Gasteiger partial charge in [0, 0.05) is 23.8 Å². The summed E-state index contributed by atoms with van der Waals surface area (Å²) in [5.41, 5.74) is 1.87. The van der Waals surface area contributed by atoms with Crippen molar-refractivity contribution in [1.82, 2.24) is 10.2 Å². The van der Waals surface area contributed by atoms with Crippen molar-refractivity contribution in [3.05, 3.63) is 65.2 Å². The summed E-state index contributed by atoms with van der Waals surface area (Å²) in [6, 6.07) is 17.1. The predicted octanol–water partition coefficient (Wildman–Crippen LogP) is 5.24. The number of carbonyl (C=O) groups excluding carboxylic acids is 2. The first-order valence-corrected chi connectivity index (χ1v) is 11.1. The molecule has 2 unspecified atom stereocenters. The second-order valence-electron chi connectivity index (χ2n) is 8.31. The molecule has 1 aliphatic carbocycles.